The van der Waals surface area contributed by atoms with E-state index in [0.29, 0.717) is 24.1 Å². The number of anilines is 2. The van der Waals surface area contributed by atoms with Crippen LogP contribution in [0.5, 0.6) is 0 Å². The van der Waals surface area contributed by atoms with Gasteiger partial charge in [0.2, 0.25) is 0 Å². The molecule has 11 heteroatoms. The number of benzene rings is 1. The van der Waals surface area contributed by atoms with Gasteiger partial charge in [-0.15, -0.1) is 12.4 Å². The van der Waals surface area contributed by atoms with E-state index in [9.17, 15) is 0 Å². The molecule has 9 nitrogen and oxygen atoms in total. The van der Waals surface area contributed by atoms with Gasteiger partial charge in [-0.1, -0.05) is 6.07 Å². The van der Waals surface area contributed by atoms with Crippen molar-refractivity contribution in [1.29, 1.82) is 0 Å². The molecule has 0 aliphatic heterocycles. The minimum atomic E-state index is 0. The number of halogens is 1. The molecule has 0 amide bonds. The largest absolute Gasteiger partial charge is 0.383 e. The van der Waals surface area contributed by atoms with Gasteiger partial charge in [-0.2, -0.15) is 16.4 Å². The first-order chi connectivity index (χ1) is 16.2. The van der Waals surface area contributed by atoms with Gasteiger partial charge in [0.1, 0.15) is 11.5 Å². The van der Waals surface area contributed by atoms with Crippen molar-refractivity contribution in [2.45, 2.75) is 6.54 Å². The van der Waals surface area contributed by atoms with Gasteiger partial charge in [-0.25, -0.2) is 15.0 Å². The van der Waals surface area contributed by atoms with E-state index in [1.807, 2.05) is 29.0 Å². The molecule has 34 heavy (non-hydrogen) atoms. The van der Waals surface area contributed by atoms with Crippen molar-refractivity contribution in [3.05, 3.63) is 59.0 Å². The fourth-order valence-electron chi connectivity index (χ4n) is 3.57. The summed E-state index contributed by atoms with van der Waals surface area (Å²) in [5.41, 5.74) is 5.63. The maximum Gasteiger partial charge on any atom is 0.162 e. The number of H-pyrrole nitrogens is 2. The van der Waals surface area contributed by atoms with E-state index in [2.05, 4.69) is 54.5 Å². The Hall–Kier alpha value is -3.31. The molecule has 1 aromatic carbocycles. The van der Waals surface area contributed by atoms with Crippen molar-refractivity contribution in [3.8, 4) is 22.9 Å². The highest BCUT2D eigenvalue weighted by molar-refractivity contribution is 7.08. The summed E-state index contributed by atoms with van der Waals surface area (Å²) in [7, 11) is 3.80. The summed E-state index contributed by atoms with van der Waals surface area (Å²) >= 11 is 1.62. The predicted molar refractivity (Wildman–Crippen MR) is 138 cm³/mol. The standard InChI is InChI=1S/C23H24N8OS.ClH/c1-31(8-9-32-2)13-15-3-4-17-18(11-15)28-23(27-17)21-19(12-25-30-21)26-20-5-7-24-22(29-20)16-6-10-33-14-16;/h3-7,10-12,14H,8-9,13H2,1-2H3,(H,25,30)(H,27,28)(H,24,26,29);1H. The van der Waals surface area contributed by atoms with E-state index in [-0.39, 0.29) is 12.4 Å². The SMILES string of the molecule is COCCN(C)Cc1ccc2nc(-c3[nH]ncc3Nc3ccnc(-c4ccsc4)n3)[nH]c2c1.Cl. The molecule has 0 aliphatic carbocycles. The van der Waals surface area contributed by atoms with Crippen LogP contribution in [0, 0.1) is 0 Å². The Morgan fingerprint density at radius 2 is 2.09 bits per heavy atom. The van der Waals surface area contributed by atoms with Crippen molar-refractivity contribution in [2.75, 3.05) is 32.6 Å². The third-order valence-electron chi connectivity index (χ3n) is 5.25. The fraction of sp³-hybridized carbons (Fsp3) is 0.217. The maximum atomic E-state index is 5.16. The number of nitrogens with zero attached hydrogens (tertiary/aromatic N) is 5. The molecule has 0 atom stereocenters. The van der Waals surface area contributed by atoms with Crippen LogP contribution in [-0.2, 0) is 11.3 Å². The van der Waals surface area contributed by atoms with Gasteiger partial charge in [-0.3, -0.25) is 10.00 Å². The molecule has 0 saturated heterocycles. The Kier molecular flexibility index (Phi) is 7.53. The number of aromatic nitrogens is 6. The number of fused-ring (bicyclic) bond motifs is 1. The smallest absolute Gasteiger partial charge is 0.162 e. The zero-order valence-electron chi connectivity index (χ0n) is 18.8. The lowest BCUT2D eigenvalue weighted by atomic mass is 10.2. The van der Waals surface area contributed by atoms with E-state index in [1.165, 1.54) is 5.56 Å². The van der Waals surface area contributed by atoms with E-state index in [0.717, 1.165) is 41.1 Å². The minimum absolute atomic E-state index is 0. The highest BCUT2D eigenvalue weighted by Gasteiger charge is 2.14. The number of nitrogens with one attached hydrogen (secondary N) is 3. The summed E-state index contributed by atoms with van der Waals surface area (Å²) in [5, 5.41) is 14.6. The van der Waals surface area contributed by atoms with Crippen LogP contribution in [-0.4, -0.2) is 62.3 Å². The number of hydrogen-bond acceptors (Lipinski definition) is 8. The molecular weight excluding hydrogens is 472 g/mol. The molecular formula is C23H25ClN8OS. The van der Waals surface area contributed by atoms with Crippen LogP contribution in [0.1, 0.15) is 5.56 Å². The first-order valence-electron chi connectivity index (χ1n) is 10.5. The normalized spacial score (nSPS) is 11.1. The molecule has 0 radical (unpaired) electrons. The summed E-state index contributed by atoms with van der Waals surface area (Å²) in [5.74, 6) is 2.08. The van der Waals surface area contributed by atoms with Crippen LogP contribution in [0.2, 0.25) is 0 Å². The number of methoxy groups -OCH3 is 1. The Morgan fingerprint density at radius 1 is 1.18 bits per heavy atom. The Bertz CT molecular complexity index is 1350. The average Bonchev–Trinajstić information content (AvgIpc) is 3.58. The lowest BCUT2D eigenvalue weighted by Gasteiger charge is -2.15. The third-order valence-corrected chi connectivity index (χ3v) is 5.93. The van der Waals surface area contributed by atoms with Gasteiger partial charge in [0, 0.05) is 37.3 Å². The molecule has 5 rings (SSSR count). The first-order valence-corrected chi connectivity index (χ1v) is 11.5. The van der Waals surface area contributed by atoms with Crippen molar-refractivity contribution in [2.24, 2.45) is 0 Å². The Morgan fingerprint density at radius 3 is 2.91 bits per heavy atom. The summed E-state index contributed by atoms with van der Waals surface area (Å²) in [6.07, 6.45) is 3.47. The van der Waals surface area contributed by atoms with Crippen molar-refractivity contribution in [1.82, 2.24) is 35.0 Å². The zero-order chi connectivity index (χ0) is 22.6. The lowest BCUT2D eigenvalue weighted by Crippen LogP contribution is -2.22. The van der Waals surface area contributed by atoms with Crippen LogP contribution in [0.25, 0.3) is 33.9 Å². The number of hydrogen-bond donors (Lipinski definition) is 3. The number of likely N-dealkylation sites (N-methyl/N-ethyl adjacent to an activating group) is 1. The Balaban J connectivity index is 0.00000274. The molecule has 4 aromatic heterocycles. The third kappa shape index (κ3) is 5.26. The molecule has 0 aliphatic rings. The van der Waals surface area contributed by atoms with Crippen LogP contribution in [0.3, 0.4) is 0 Å². The number of ether oxygens (including phenoxy) is 1. The fourth-order valence-corrected chi connectivity index (χ4v) is 4.20. The molecule has 0 spiro atoms. The molecule has 0 saturated carbocycles. The topological polar surface area (TPSA) is 108 Å². The van der Waals surface area contributed by atoms with E-state index in [4.69, 9.17) is 9.72 Å². The lowest BCUT2D eigenvalue weighted by molar-refractivity contribution is 0.158. The van der Waals surface area contributed by atoms with Crippen molar-refractivity contribution in [3.63, 3.8) is 0 Å². The van der Waals surface area contributed by atoms with E-state index in [1.54, 1.807) is 30.8 Å². The van der Waals surface area contributed by atoms with Gasteiger partial charge in [-0.05, 0) is 42.3 Å². The monoisotopic (exact) mass is 496 g/mol. The number of rotatable bonds is 9. The van der Waals surface area contributed by atoms with Crippen LogP contribution < -0.4 is 5.32 Å². The summed E-state index contributed by atoms with van der Waals surface area (Å²) in [6, 6.07) is 10.1. The average molecular weight is 497 g/mol. The van der Waals surface area contributed by atoms with Crippen molar-refractivity contribution < 1.29 is 4.74 Å². The second-order valence-electron chi connectivity index (χ2n) is 7.73. The van der Waals surface area contributed by atoms with Gasteiger partial charge in [0.15, 0.2) is 11.6 Å². The number of thiophene rings is 1. The van der Waals surface area contributed by atoms with Gasteiger partial charge in [0.05, 0.1) is 29.5 Å². The van der Waals surface area contributed by atoms with Gasteiger partial charge < -0.3 is 15.0 Å². The molecule has 0 bridgehead atoms. The number of imidazole rings is 1. The van der Waals surface area contributed by atoms with Gasteiger partial charge >= 0.3 is 0 Å². The Labute approximate surface area is 207 Å². The molecule has 4 heterocycles. The van der Waals surface area contributed by atoms with Crippen LogP contribution in [0.4, 0.5) is 11.5 Å². The maximum absolute atomic E-state index is 5.16. The van der Waals surface area contributed by atoms with Gasteiger partial charge in [0.25, 0.3) is 0 Å². The summed E-state index contributed by atoms with van der Waals surface area (Å²) in [4.78, 5) is 19.4. The predicted octanol–water partition coefficient (Wildman–Crippen LogP) is 4.72. The number of aromatic amines is 2. The molecule has 176 valence electrons. The highest BCUT2D eigenvalue weighted by atomic mass is 35.5. The highest BCUT2D eigenvalue weighted by Crippen LogP contribution is 2.28. The minimum Gasteiger partial charge on any atom is -0.383 e. The second kappa shape index (κ2) is 10.7. The van der Waals surface area contributed by atoms with E-state index < -0.39 is 0 Å². The second-order valence-corrected chi connectivity index (χ2v) is 8.51. The van der Waals surface area contributed by atoms with Crippen LogP contribution >= 0.6 is 23.7 Å². The molecule has 0 fully saturated rings. The quantitative estimate of drug-likeness (QED) is 0.271. The zero-order valence-corrected chi connectivity index (χ0v) is 20.4. The molecule has 3 N–H and O–H groups in total. The molecule has 5 aromatic rings. The first kappa shape index (κ1) is 23.8. The molecule has 0 unspecified atom stereocenters. The summed E-state index contributed by atoms with van der Waals surface area (Å²) in [6.45, 7) is 2.43. The van der Waals surface area contributed by atoms with Crippen molar-refractivity contribution >= 4 is 46.3 Å². The van der Waals surface area contributed by atoms with E-state index >= 15 is 0 Å². The van der Waals surface area contributed by atoms with Crippen LogP contribution in [0.15, 0.2) is 53.5 Å². The summed E-state index contributed by atoms with van der Waals surface area (Å²) < 4.78 is 5.16.